The second kappa shape index (κ2) is 8.96. The number of methoxy groups -OCH3 is 1. The van der Waals surface area contributed by atoms with Crippen molar-refractivity contribution in [2.45, 2.75) is 51.0 Å². The molecule has 4 atom stereocenters. The SMILES string of the molecule is COc1cccc2c1OC(C)(C)[C@@H]1C[C@H]3CN(C(=O)c4cccc(Cn5ccnc5)c4)CC[C@H]3O[C@@H]21. The van der Waals surface area contributed by atoms with Crippen LogP contribution < -0.4 is 9.47 Å². The minimum atomic E-state index is -0.398. The van der Waals surface area contributed by atoms with Gasteiger partial charge in [-0.15, -0.1) is 0 Å². The van der Waals surface area contributed by atoms with Gasteiger partial charge in [0.2, 0.25) is 0 Å². The summed E-state index contributed by atoms with van der Waals surface area (Å²) in [5.41, 5.74) is 2.51. The first kappa shape index (κ1) is 23.1. The second-order valence-electron chi connectivity index (χ2n) is 10.8. The van der Waals surface area contributed by atoms with Crippen LogP contribution in [0, 0.1) is 11.8 Å². The maximum absolute atomic E-state index is 13.5. The Morgan fingerprint density at radius 1 is 1.22 bits per heavy atom. The van der Waals surface area contributed by atoms with E-state index >= 15 is 0 Å². The lowest BCUT2D eigenvalue weighted by molar-refractivity contribution is -0.184. The lowest BCUT2D eigenvalue weighted by Gasteiger charge is -2.53. The van der Waals surface area contributed by atoms with E-state index in [1.165, 1.54) is 0 Å². The number of nitrogens with zero attached hydrogens (tertiary/aromatic N) is 3. The van der Waals surface area contributed by atoms with Crippen LogP contribution in [0.1, 0.15) is 54.3 Å². The summed E-state index contributed by atoms with van der Waals surface area (Å²) < 4.78 is 20.9. The van der Waals surface area contributed by atoms with Crippen molar-refractivity contribution >= 4 is 5.91 Å². The fraction of sp³-hybridized carbons (Fsp3) is 0.448. The van der Waals surface area contributed by atoms with Gasteiger partial charge in [0.25, 0.3) is 5.91 Å². The number of carbonyl (C=O) groups is 1. The number of rotatable bonds is 4. The number of piperidine rings is 1. The number of likely N-dealkylation sites (tertiary alicyclic amines) is 1. The van der Waals surface area contributed by atoms with Gasteiger partial charge in [0.1, 0.15) is 5.60 Å². The van der Waals surface area contributed by atoms with Gasteiger partial charge in [0.15, 0.2) is 11.5 Å². The summed E-state index contributed by atoms with van der Waals surface area (Å²) in [7, 11) is 1.68. The third-order valence-corrected chi connectivity index (χ3v) is 8.09. The van der Waals surface area contributed by atoms with Crippen LogP contribution in [-0.2, 0) is 11.3 Å². The molecule has 1 amide bonds. The van der Waals surface area contributed by atoms with E-state index in [1.54, 1.807) is 19.6 Å². The van der Waals surface area contributed by atoms with Crippen molar-refractivity contribution < 1.29 is 19.0 Å². The van der Waals surface area contributed by atoms with Crippen molar-refractivity contribution in [3.8, 4) is 11.5 Å². The number of hydrogen-bond acceptors (Lipinski definition) is 5. The monoisotopic (exact) mass is 487 g/mol. The average Bonchev–Trinajstić information content (AvgIpc) is 3.40. The van der Waals surface area contributed by atoms with Crippen molar-refractivity contribution in [1.29, 1.82) is 0 Å². The highest BCUT2D eigenvalue weighted by atomic mass is 16.5. The van der Waals surface area contributed by atoms with Gasteiger partial charge in [-0.25, -0.2) is 4.98 Å². The van der Waals surface area contributed by atoms with E-state index in [-0.39, 0.29) is 30.0 Å². The average molecular weight is 488 g/mol. The van der Waals surface area contributed by atoms with Gasteiger partial charge in [0.05, 0.1) is 25.6 Å². The number of ether oxygens (including phenoxy) is 3. The molecule has 7 heteroatoms. The number of para-hydroxylation sites is 1. The number of aromatic nitrogens is 2. The molecule has 0 spiro atoms. The van der Waals surface area contributed by atoms with Crippen LogP contribution in [0.4, 0.5) is 0 Å². The van der Waals surface area contributed by atoms with Gasteiger partial charge >= 0.3 is 0 Å². The van der Waals surface area contributed by atoms with Gasteiger partial charge < -0.3 is 23.7 Å². The normalized spacial score (nSPS) is 26.2. The molecule has 0 N–H and O–H groups in total. The Bertz CT molecular complexity index is 1260. The molecule has 188 valence electrons. The third kappa shape index (κ3) is 4.05. The minimum absolute atomic E-state index is 0.0257. The lowest BCUT2D eigenvalue weighted by Crippen LogP contribution is -2.56. The zero-order chi connectivity index (χ0) is 24.9. The molecule has 0 saturated carbocycles. The van der Waals surface area contributed by atoms with Crippen LogP contribution in [0.25, 0.3) is 0 Å². The first-order valence-corrected chi connectivity index (χ1v) is 12.8. The number of hydrogen-bond donors (Lipinski definition) is 0. The van der Waals surface area contributed by atoms with Gasteiger partial charge in [-0.2, -0.15) is 0 Å². The standard InChI is InChI=1S/C29H33N3O4/c1-29(2)23-15-21-17-32(28(33)20-7-4-6-19(14-20)16-31-13-11-30-18-31)12-10-24(21)35-26(23)22-8-5-9-25(34-3)27(22)36-29/h4-9,11,13-14,18,21,23-24,26H,10,12,15-17H2,1-3H3/t21-,23+,24+,26-/m0/s1. The first-order valence-electron chi connectivity index (χ1n) is 12.8. The van der Waals surface area contributed by atoms with E-state index in [9.17, 15) is 4.79 Å². The summed E-state index contributed by atoms with van der Waals surface area (Å²) in [5, 5.41) is 0. The van der Waals surface area contributed by atoms with Crippen molar-refractivity contribution in [1.82, 2.24) is 14.5 Å². The van der Waals surface area contributed by atoms with Gasteiger partial charge in [-0.1, -0.05) is 24.3 Å². The number of fused-ring (bicyclic) bond motifs is 4. The molecule has 0 aliphatic carbocycles. The highest BCUT2D eigenvalue weighted by Crippen LogP contribution is 2.55. The Labute approximate surface area is 212 Å². The summed E-state index contributed by atoms with van der Waals surface area (Å²) in [6.07, 6.45) is 7.40. The highest BCUT2D eigenvalue weighted by molar-refractivity contribution is 5.94. The van der Waals surface area contributed by atoms with E-state index in [1.807, 2.05) is 46.0 Å². The van der Waals surface area contributed by atoms with Crippen LogP contribution in [-0.4, -0.2) is 52.3 Å². The molecule has 3 aliphatic rings. The Balaban J connectivity index is 1.19. The fourth-order valence-electron chi connectivity index (χ4n) is 6.21. The predicted octanol–water partition coefficient (Wildman–Crippen LogP) is 4.72. The molecule has 36 heavy (non-hydrogen) atoms. The largest absolute Gasteiger partial charge is 0.493 e. The van der Waals surface area contributed by atoms with E-state index in [0.717, 1.165) is 41.0 Å². The van der Waals surface area contributed by atoms with Crippen LogP contribution in [0.15, 0.2) is 61.2 Å². The number of carbonyl (C=O) groups excluding carboxylic acids is 1. The lowest BCUT2D eigenvalue weighted by atomic mass is 9.70. The zero-order valence-corrected chi connectivity index (χ0v) is 21.1. The number of benzene rings is 2. The molecule has 0 radical (unpaired) electrons. The van der Waals surface area contributed by atoms with E-state index in [2.05, 4.69) is 31.0 Å². The summed E-state index contributed by atoms with van der Waals surface area (Å²) >= 11 is 0. The summed E-state index contributed by atoms with van der Waals surface area (Å²) in [6, 6.07) is 14.0. The van der Waals surface area contributed by atoms with Crippen LogP contribution in [0.3, 0.4) is 0 Å². The van der Waals surface area contributed by atoms with Crippen molar-refractivity contribution in [3.63, 3.8) is 0 Å². The highest BCUT2D eigenvalue weighted by Gasteiger charge is 2.52. The van der Waals surface area contributed by atoms with Crippen molar-refractivity contribution in [2.75, 3.05) is 20.2 Å². The Hall–Kier alpha value is -3.32. The third-order valence-electron chi connectivity index (χ3n) is 8.09. The van der Waals surface area contributed by atoms with Crippen molar-refractivity contribution in [3.05, 3.63) is 77.9 Å². The molecular formula is C29H33N3O4. The molecule has 6 rings (SSSR count). The molecule has 0 bridgehead atoms. The molecule has 0 unspecified atom stereocenters. The predicted molar refractivity (Wildman–Crippen MR) is 135 cm³/mol. The van der Waals surface area contributed by atoms with E-state index in [0.29, 0.717) is 19.6 Å². The molecule has 3 aliphatic heterocycles. The Kier molecular flexibility index (Phi) is 5.75. The molecular weight excluding hydrogens is 454 g/mol. The molecule has 2 fully saturated rings. The maximum atomic E-state index is 13.5. The Morgan fingerprint density at radius 2 is 2.08 bits per heavy atom. The molecule has 1 aromatic heterocycles. The molecule has 2 aromatic carbocycles. The molecule has 4 heterocycles. The smallest absolute Gasteiger partial charge is 0.253 e. The topological polar surface area (TPSA) is 65.8 Å². The van der Waals surface area contributed by atoms with Crippen molar-refractivity contribution in [2.24, 2.45) is 11.8 Å². The second-order valence-corrected chi connectivity index (χ2v) is 10.8. The van der Waals surface area contributed by atoms with Gasteiger partial charge in [-0.3, -0.25) is 4.79 Å². The van der Waals surface area contributed by atoms with Crippen LogP contribution in [0.2, 0.25) is 0 Å². The molecule has 2 saturated heterocycles. The first-order chi connectivity index (χ1) is 17.4. The number of imidazole rings is 1. The maximum Gasteiger partial charge on any atom is 0.253 e. The summed E-state index contributed by atoms with van der Waals surface area (Å²) in [5.74, 6) is 2.13. The van der Waals surface area contributed by atoms with E-state index in [4.69, 9.17) is 14.2 Å². The quantitative estimate of drug-likeness (QED) is 0.533. The summed E-state index contributed by atoms with van der Waals surface area (Å²) in [6.45, 7) is 6.39. The summed E-state index contributed by atoms with van der Waals surface area (Å²) in [4.78, 5) is 19.6. The van der Waals surface area contributed by atoms with Crippen LogP contribution >= 0.6 is 0 Å². The zero-order valence-electron chi connectivity index (χ0n) is 21.1. The van der Waals surface area contributed by atoms with E-state index < -0.39 is 5.60 Å². The van der Waals surface area contributed by atoms with Gasteiger partial charge in [0, 0.05) is 55.0 Å². The van der Waals surface area contributed by atoms with Crippen LogP contribution in [0.5, 0.6) is 11.5 Å². The Morgan fingerprint density at radius 3 is 2.89 bits per heavy atom. The minimum Gasteiger partial charge on any atom is -0.493 e. The fourth-order valence-corrected chi connectivity index (χ4v) is 6.21. The molecule has 7 nitrogen and oxygen atoms in total. The van der Waals surface area contributed by atoms with Gasteiger partial charge in [-0.05, 0) is 50.5 Å². The number of amides is 1. The molecule has 3 aromatic rings.